The van der Waals surface area contributed by atoms with Crippen molar-refractivity contribution in [3.8, 4) is 0 Å². The van der Waals surface area contributed by atoms with Crippen molar-refractivity contribution >= 4 is 16.6 Å². The van der Waals surface area contributed by atoms with E-state index in [1.165, 1.54) is 6.07 Å². The Morgan fingerprint density at radius 2 is 2.13 bits per heavy atom. The summed E-state index contributed by atoms with van der Waals surface area (Å²) < 4.78 is 0. The summed E-state index contributed by atoms with van der Waals surface area (Å²) in [6.07, 6.45) is 0. The molecule has 0 aliphatic rings. The van der Waals surface area contributed by atoms with Crippen LogP contribution in [-0.4, -0.2) is 9.91 Å². The molecule has 0 atom stereocenters. The van der Waals surface area contributed by atoms with Gasteiger partial charge in [0.2, 0.25) is 0 Å². The molecule has 0 fully saturated rings. The molecule has 1 aromatic heterocycles. The average molecular weight is 203 g/mol. The summed E-state index contributed by atoms with van der Waals surface area (Å²) in [5.41, 5.74) is 6.49. The summed E-state index contributed by atoms with van der Waals surface area (Å²) >= 11 is 0. The Hall–Kier alpha value is -2.01. The Morgan fingerprint density at radius 3 is 2.80 bits per heavy atom. The lowest BCUT2D eigenvalue weighted by molar-refractivity contribution is -0.383. The fraction of sp³-hybridized carbons (Fsp3) is 0.100. The Balaban J connectivity index is 2.76. The average Bonchev–Trinajstić information content (AvgIpc) is 2.27. The lowest BCUT2D eigenvalue weighted by Crippen LogP contribution is -2.00. The number of nitro benzene ring substituents is 1. The van der Waals surface area contributed by atoms with Crippen LogP contribution in [0.2, 0.25) is 0 Å². The number of non-ortho nitro benzene ring substituents is 1. The summed E-state index contributed by atoms with van der Waals surface area (Å²) in [4.78, 5) is 14.5. The predicted octanol–water partition coefficient (Wildman–Crippen LogP) is 1.60. The van der Waals surface area contributed by atoms with Gasteiger partial charge in [-0.05, 0) is 6.07 Å². The second kappa shape index (κ2) is 3.62. The van der Waals surface area contributed by atoms with E-state index in [2.05, 4.69) is 4.98 Å². The van der Waals surface area contributed by atoms with Gasteiger partial charge in [-0.3, -0.25) is 10.1 Å². The fourth-order valence-electron chi connectivity index (χ4n) is 1.43. The van der Waals surface area contributed by atoms with Crippen LogP contribution in [0.1, 0.15) is 5.69 Å². The lowest BCUT2D eigenvalue weighted by atomic mass is 10.2. The maximum absolute atomic E-state index is 10.7. The molecule has 5 heteroatoms. The van der Waals surface area contributed by atoms with E-state index in [1.807, 2.05) is 0 Å². The van der Waals surface area contributed by atoms with E-state index in [0.717, 1.165) is 5.39 Å². The molecule has 5 nitrogen and oxygen atoms in total. The van der Waals surface area contributed by atoms with Gasteiger partial charge in [-0.1, -0.05) is 18.2 Å². The van der Waals surface area contributed by atoms with Crippen molar-refractivity contribution in [1.29, 1.82) is 0 Å². The van der Waals surface area contributed by atoms with Crippen molar-refractivity contribution in [1.82, 2.24) is 4.98 Å². The molecule has 1 aromatic carbocycles. The standard InChI is InChI=1S/C10H9N3O2/c11-6-8-5-4-7-2-1-3-9(13(14)15)10(7)12-8/h1-5H,6,11H2. The number of aromatic nitrogens is 1. The summed E-state index contributed by atoms with van der Waals surface area (Å²) in [5, 5.41) is 11.5. The summed E-state index contributed by atoms with van der Waals surface area (Å²) in [7, 11) is 0. The molecule has 0 bridgehead atoms. The molecule has 2 aromatic rings. The molecule has 0 saturated heterocycles. The predicted molar refractivity (Wildman–Crippen MR) is 56.3 cm³/mol. The number of fused-ring (bicyclic) bond motifs is 1. The number of nitro groups is 1. The van der Waals surface area contributed by atoms with Gasteiger partial charge in [0.1, 0.15) is 5.52 Å². The second-order valence-corrected chi connectivity index (χ2v) is 3.11. The molecule has 0 saturated carbocycles. The van der Waals surface area contributed by atoms with E-state index in [9.17, 15) is 10.1 Å². The van der Waals surface area contributed by atoms with Crippen molar-refractivity contribution < 1.29 is 4.92 Å². The summed E-state index contributed by atoms with van der Waals surface area (Å²) in [6, 6.07) is 8.43. The molecule has 0 amide bonds. The highest BCUT2D eigenvalue weighted by atomic mass is 16.6. The molecular formula is C10H9N3O2. The Bertz CT molecular complexity index is 525. The van der Waals surface area contributed by atoms with E-state index in [-0.39, 0.29) is 12.2 Å². The molecule has 1 heterocycles. The third-order valence-electron chi connectivity index (χ3n) is 2.16. The number of rotatable bonds is 2. The molecule has 15 heavy (non-hydrogen) atoms. The van der Waals surface area contributed by atoms with Crippen LogP contribution >= 0.6 is 0 Å². The number of hydrogen-bond acceptors (Lipinski definition) is 4. The minimum atomic E-state index is -0.435. The number of nitrogens with zero attached hydrogens (tertiary/aromatic N) is 2. The van der Waals surface area contributed by atoms with Crippen LogP contribution in [0.15, 0.2) is 30.3 Å². The molecule has 0 aliphatic carbocycles. The van der Waals surface area contributed by atoms with Crippen LogP contribution in [0.3, 0.4) is 0 Å². The van der Waals surface area contributed by atoms with Gasteiger partial charge in [-0.2, -0.15) is 0 Å². The Morgan fingerprint density at radius 1 is 1.33 bits per heavy atom. The first-order chi connectivity index (χ1) is 7.22. The van der Waals surface area contributed by atoms with Crippen LogP contribution in [-0.2, 0) is 6.54 Å². The molecule has 2 N–H and O–H groups in total. The van der Waals surface area contributed by atoms with Crippen molar-refractivity contribution in [2.45, 2.75) is 6.54 Å². The van der Waals surface area contributed by atoms with Gasteiger partial charge in [-0.25, -0.2) is 4.98 Å². The van der Waals surface area contributed by atoms with Gasteiger partial charge in [0, 0.05) is 18.0 Å². The molecule has 76 valence electrons. The van der Waals surface area contributed by atoms with Crippen molar-refractivity contribution in [3.05, 3.63) is 46.1 Å². The van der Waals surface area contributed by atoms with Crippen LogP contribution in [0.4, 0.5) is 5.69 Å². The zero-order valence-corrected chi connectivity index (χ0v) is 7.88. The van der Waals surface area contributed by atoms with E-state index < -0.39 is 4.92 Å². The first-order valence-corrected chi connectivity index (χ1v) is 4.45. The molecular weight excluding hydrogens is 194 g/mol. The van der Waals surface area contributed by atoms with E-state index in [0.29, 0.717) is 11.2 Å². The number of hydrogen-bond donors (Lipinski definition) is 1. The zero-order chi connectivity index (χ0) is 10.8. The first kappa shape index (κ1) is 9.54. The lowest BCUT2D eigenvalue weighted by Gasteiger charge is -2.00. The van der Waals surface area contributed by atoms with E-state index in [4.69, 9.17) is 5.73 Å². The zero-order valence-electron chi connectivity index (χ0n) is 7.88. The normalized spacial score (nSPS) is 10.5. The van der Waals surface area contributed by atoms with Gasteiger partial charge in [0.15, 0.2) is 0 Å². The quantitative estimate of drug-likeness (QED) is 0.593. The van der Waals surface area contributed by atoms with Gasteiger partial charge in [0.25, 0.3) is 5.69 Å². The Labute approximate surface area is 85.7 Å². The smallest absolute Gasteiger partial charge is 0.295 e. The van der Waals surface area contributed by atoms with Crippen LogP contribution in [0, 0.1) is 10.1 Å². The van der Waals surface area contributed by atoms with Crippen LogP contribution in [0.5, 0.6) is 0 Å². The van der Waals surface area contributed by atoms with Gasteiger partial charge >= 0.3 is 0 Å². The number of benzene rings is 1. The fourth-order valence-corrected chi connectivity index (χ4v) is 1.43. The Kier molecular flexibility index (Phi) is 2.31. The maximum atomic E-state index is 10.7. The number of para-hydroxylation sites is 1. The van der Waals surface area contributed by atoms with Crippen molar-refractivity contribution in [3.63, 3.8) is 0 Å². The third-order valence-corrected chi connectivity index (χ3v) is 2.16. The first-order valence-electron chi connectivity index (χ1n) is 4.45. The van der Waals surface area contributed by atoms with E-state index in [1.54, 1.807) is 24.3 Å². The largest absolute Gasteiger partial charge is 0.325 e. The highest BCUT2D eigenvalue weighted by molar-refractivity contribution is 5.87. The highest BCUT2D eigenvalue weighted by Gasteiger charge is 2.12. The maximum Gasteiger partial charge on any atom is 0.295 e. The van der Waals surface area contributed by atoms with Gasteiger partial charge in [0.05, 0.1) is 10.6 Å². The number of pyridine rings is 1. The van der Waals surface area contributed by atoms with Crippen molar-refractivity contribution in [2.75, 3.05) is 0 Å². The summed E-state index contributed by atoms with van der Waals surface area (Å²) in [6.45, 7) is 0.280. The SMILES string of the molecule is NCc1ccc2cccc([N+](=O)[O-])c2n1. The topological polar surface area (TPSA) is 82.0 Å². The summed E-state index contributed by atoms with van der Waals surface area (Å²) in [5.74, 6) is 0. The minimum Gasteiger partial charge on any atom is -0.325 e. The molecule has 0 aliphatic heterocycles. The van der Waals surface area contributed by atoms with Crippen molar-refractivity contribution in [2.24, 2.45) is 5.73 Å². The minimum absolute atomic E-state index is 0.0165. The number of nitrogens with two attached hydrogens (primary N) is 1. The third kappa shape index (κ3) is 1.64. The van der Waals surface area contributed by atoms with Gasteiger partial charge in [-0.15, -0.1) is 0 Å². The van der Waals surface area contributed by atoms with Crippen LogP contribution in [0.25, 0.3) is 10.9 Å². The van der Waals surface area contributed by atoms with Crippen LogP contribution < -0.4 is 5.73 Å². The molecule has 0 unspecified atom stereocenters. The molecule has 0 spiro atoms. The molecule has 0 radical (unpaired) electrons. The molecule has 2 rings (SSSR count). The highest BCUT2D eigenvalue weighted by Crippen LogP contribution is 2.23. The second-order valence-electron chi connectivity index (χ2n) is 3.11. The monoisotopic (exact) mass is 203 g/mol. The van der Waals surface area contributed by atoms with E-state index >= 15 is 0 Å². The van der Waals surface area contributed by atoms with Gasteiger partial charge < -0.3 is 5.73 Å².